The van der Waals surface area contributed by atoms with Crippen LogP contribution in [0, 0.1) is 5.82 Å². The van der Waals surface area contributed by atoms with Crippen molar-refractivity contribution in [1.82, 2.24) is 9.21 Å². The van der Waals surface area contributed by atoms with E-state index in [0.29, 0.717) is 31.6 Å². The van der Waals surface area contributed by atoms with E-state index in [1.54, 1.807) is 17.5 Å². The molecule has 0 aliphatic carbocycles. The summed E-state index contributed by atoms with van der Waals surface area (Å²) in [6, 6.07) is 15.4. The van der Waals surface area contributed by atoms with Crippen molar-refractivity contribution in [2.45, 2.75) is 31.3 Å². The van der Waals surface area contributed by atoms with E-state index in [2.05, 4.69) is 0 Å². The van der Waals surface area contributed by atoms with Gasteiger partial charge in [0.15, 0.2) is 0 Å². The Morgan fingerprint density at radius 1 is 1.13 bits per heavy atom. The van der Waals surface area contributed by atoms with Crippen molar-refractivity contribution < 1.29 is 17.6 Å². The molecule has 2 aromatic carbocycles. The third-order valence-electron chi connectivity index (χ3n) is 5.47. The Morgan fingerprint density at radius 2 is 1.90 bits per heavy atom. The topological polar surface area (TPSA) is 57.7 Å². The van der Waals surface area contributed by atoms with Crippen LogP contribution in [0.3, 0.4) is 0 Å². The molecule has 1 aliphatic rings. The predicted octanol–water partition coefficient (Wildman–Crippen LogP) is 4.30. The zero-order chi connectivity index (χ0) is 22.0. The second kappa shape index (κ2) is 8.90. The molecule has 8 heteroatoms. The highest BCUT2D eigenvalue weighted by atomic mass is 32.2. The van der Waals surface area contributed by atoms with E-state index < -0.39 is 10.0 Å². The monoisotopic (exact) mass is 458 g/mol. The number of sulfonamides is 1. The van der Waals surface area contributed by atoms with Crippen molar-refractivity contribution in [1.29, 1.82) is 0 Å². The van der Waals surface area contributed by atoms with Gasteiger partial charge in [-0.1, -0.05) is 36.4 Å². The molecule has 0 saturated carbocycles. The van der Waals surface area contributed by atoms with Crippen LogP contribution in [0.1, 0.15) is 33.3 Å². The van der Waals surface area contributed by atoms with Gasteiger partial charge < -0.3 is 4.90 Å². The largest absolute Gasteiger partial charge is 0.334 e. The number of hydrogen-bond donors (Lipinski definition) is 0. The highest BCUT2D eigenvalue weighted by Gasteiger charge is 2.33. The highest BCUT2D eigenvalue weighted by molar-refractivity contribution is 7.89. The molecule has 0 unspecified atom stereocenters. The van der Waals surface area contributed by atoms with Gasteiger partial charge in [-0.15, -0.1) is 11.3 Å². The molecule has 5 nitrogen and oxygen atoms in total. The first kappa shape index (κ1) is 21.7. The molecule has 4 rings (SSSR count). The van der Waals surface area contributed by atoms with Gasteiger partial charge in [-0.25, -0.2) is 12.8 Å². The lowest BCUT2D eigenvalue weighted by molar-refractivity contribution is 0.0753. The number of thiophene rings is 1. The van der Waals surface area contributed by atoms with Gasteiger partial charge in [0.2, 0.25) is 10.0 Å². The Bertz CT molecular complexity index is 1210. The maximum atomic E-state index is 13.5. The Kier molecular flexibility index (Phi) is 6.22. The molecule has 1 aromatic heterocycles. The van der Waals surface area contributed by atoms with Gasteiger partial charge in [0.25, 0.3) is 5.91 Å². The minimum absolute atomic E-state index is 0.0413. The molecule has 0 fully saturated rings. The van der Waals surface area contributed by atoms with Crippen LogP contribution in [0.25, 0.3) is 0 Å². The zero-order valence-corrected chi connectivity index (χ0v) is 18.8. The molecule has 0 atom stereocenters. The summed E-state index contributed by atoms with van der Waals surface area (Å²) in [7, 11) is -3.82. The molecule has 0 radical (unpaired) electrons. The molecule has 3 aromatic rings. The van der Waals surface area contributed by atoms with Crippen LogP contribution < -0.4 is 0 Å². The molecule has 0 bridgehead atoms. The summed E-state index contributed by atoms with van der Waals surface area (Å²) in [4.78, 5) is 15.0. The van der Waals surface area contributed by atoms with E-state index in [4.69, 9.17) is 0 Å². The maximum absolute atomic E-state index is 13.5. The fourth-order valence-corrected chi connectivity index (χ4v) is 6.58. The molecule has 0 N–H and O–H groups in total. The van der Waals surface area contributed by atoms with E-state index in [-0.39, 0.29) is 28.0 Å². The Labute approximate surface area is 185 Å². The molecular formula is C23H23FN2O3S2. The van der Waals surface area contributed by atoms with Crippen LogP contribution in [-0.4, -0.2) is 36.6 Å². The molecule has 31 heavy (non-hydrogen) atoms. The van der Waals surface area contributed by atoms with E-state index >= 15 is 0 Å². The Morgan fingerprint density at radius 3 is 2.65 bits per heavy atom. The Balaban J connectivity index is 1.59. The van der Waals surface area contributed by atoms with Crippen molar-refractivity contribution >= 4 is 27.3 Å². The van der Waals surface area contributed by atoms with Gasteiger partial charge in [0, 0.05) is 26.2 Å². The summed E-state index contributed by atoms with van der Waals surface area (Å²) < 4.78 is 41.8. The normalized spacial score (nSPS) is 14.3. The molecule has 0 saturated heterocycles. The lowest BCUT2D eigenvalue weighted by atomic mass is 10.0. The molecular weight excluding hydrogens is 435 g/mol. The number of nitrogens with zero attached hydrogens (tertiary/aromatic N) is 2. The average Bonchev–Trinajstić information content (AvgIpc) is 3.27. The minimum atomic E-state index is -3.82. The third-order valence-corrected chi connectivity index (χ3v) is 8.39. The second-order valence-corrected chi connectivity index (χ2v) is 10.2. The third kappa shape index (κ3) is 4.42. The number of rotatable bonds is 6. The first-order chi connectivity index (χ1) is 14.9. The van der Waals surface area contributed by atoms with E-state index in [9.17, 15) is 17.6 Å². The predicted molar refractivity (Wildman–Crippen MR) is 119 cm³/mol. The van der Waals surface area contributed by atoms with Crippen molar-refractivity contribution in [2.75, 3.05) is 13.1 Å². The second-order valence-electron chi connectivity index (χ2n) is 7.42. The summed E-state index contributed by atoms with van der Waals surface area (Å²) in [6.45, 7) is 3.08. The quantitative estimate of drug-likeness (QED) is 0.554. The Hall–Kier alpha value is -2.55. The molecule has 2 heterocycles. The number of hydrogen-bond acceptors (Lipinski definition) is 4. The van der Waals surface area contributed by atoms with Crippen LogP contribution in [0.4, 0.5) is 4.39 Å². The van der Waals surface area contributed by atoms with Gasteiger partial charge in [-0.05, 0) is 53.6 Å². The number of benzene rings is 2. The summed E-state index contributed by atoms with van der Waals surface area (Å²) >= 11 is 1.12. The molecule has 1 amide bonds. The van der Waals surface area contributed by atoms with Crippen molar-refractivity contribution in [3.05, 3.63) is 87.4 Å². The van der Waals surface area contributed by atoms with Crippen molar-refractivity contribution in [2.24, 2.45) is 0 Å². The zero-order valence-electron chi connectivity index (χ0n) is 17.1. The van der Waals surface area contributed by atoms with E-state index in [1.807, 2.05) is 31.2 Å². The van der Waals surface area contributed by atoms with Gasteiger partial charge in [0.05, 0.1) is 0 Å². The number of carbonyl (C=O) groups excluding carboxylic acids is 1. The highest BCUT2D eigenvalue weighted by Crippen LogP contribution is 2.30. The van der Waals surface area contributed by atoms with Gasteiger partial charge in [-0.2, -0.15) is 4.31 Å². The summed E-state index contributed by atoms with van der Waals surface area (Å²) in [5.41, 5.74) is 2.80. The minimum Gasteiger partial charge on any atom is -0.334 e. The number of fused-ring (bicyclic) bond motifs is 1. The molecule has 1 aliphatic heterocycles. The lowest BCUT2D eigenvalue weighted by Gasteiger charge is -2.28. The number of halogens is 1. The van der Waals surface area contributed by atoms with E-state index in [1.165, 1.54) is 27.4 Å². The molecule has 0 spiro atoms. The smallest absolute Gasteiger partial charge is 0.265 e. The van der Waals surface area contributed by atoms with Crippen LogP contribution in [0.5, 0.6) is 0 Å². The number of amides is 1. The number of carbonyl (C=O) groups is 1. The summed E-state index contributed by atoms with van der Waals surface area (Å²) in [6.07, 6.45) is 0.642. The first-order valence-corrected chi connectivity index (χ1v) is 12.4. The summed E-state index contributed by atoms with van der Waals surface area (Å²) in [5, 5.41) is 1.63. The lowest BCUT2D eigenvalue weighted by Crippen LogP contribution is -2.37. The van der Waals surface area contributed by atoms with E-state index in [0.717, 1.165) is 22.5 Å². The van der Waals surface area contributed by atoms with Crippen LogP contribution in [0.2, 0.25) is 0 Å². The average molecular weight is 459 g/mol. The first-order valence-electron chi connectivity index (χ1n) is 10.1. The molecule has 162 valence electrons. The van der Waals surface area contributed by atoms with Gasteiger partial charge in [0.1, 0.15) is 15.6 Å². The van der Waals surface area contributed by atoms with Crippen LogP contribution >= 0.6 is 11.3 Å². The van der Waals surface area contributed by atoms with Crippen LogP contribution in [0.15, 0.2) is 64.9 Å². The fraction of sp³-hybridized carbons (Fsp3) is 0.261. The van der Waals surface area contributed by atoms with Crippen molar-refractivity contribution in [3.63, 3.8) is 0 Å². The fourth-order valence-electron chi connectivity index (χ4n) is 3.80. The maximum Gasteiger partial charge on any atom is 0.265 e. The van der Waals surface area contributed by atoms with Gasteiger partial charge in [-0.3, -0.25) is 4.79 Å². The van der Waals surface area contributed by atoms with Crippen molar-refractivity contribution in [3.8, 4) is 0 Å². The van der Waals surface area contributed by atoms with Crippen LogP contribution in [-0.2, 0) is 29.5 Å². The van der Waals surface area contributed by atoms with Gasteiger partial charge >= 0.3 is 0 Å². The summed E-state index contributed by atoms with van der Waals surface area (Å²) in [5.74, 6) is -0.733. The SMILES string of the molecule is CCN(Cc1cccc(F)c1)C(=O)c1sccc1S(=O)(=O)N1CCc2ccccc2C1. The standard InChI is InChI=1S/C23H23FN2O3S2/c1-2-25(15-17-6-5-9-20(24)14-17)23(27)22-21(11-13-30-22)31(28,29)26-12-10-18-7-3-4-8-19(18)16-26/h3-9,11,13-14H,2,10,12,15-16H2,1H3.